The summed E-state index contributed by atoms with van der Waals surface area (Å²) in [5.41, 5.74) is 4.03. The van der Waals surface area contributed by atoms with E-state index in [1.54, 1.807) is 6.07 Å². The van der Waals surface area contributed by atoms with Crippen LogP contribution in [0, 0.1) is 5.82 Å². The van der Waals surface area contributed by atoms with Crippen molar-refractivity contribution in [2.45, 2.75) is 24.9 Å². The summed E-state index contributed by atoms with van der Waals surface area (Å²) in [5.74, 6) is -0.363. The number of aliphatic hydroxyl groups excluding tert-OH is 1. The SMILES string of the molecule is C=CCC1c2ccccc2Cc2ccc(F)cc2[C@H]1O. The molecule has 2 aromatic carbocycles. The van der Waals surface area contributed by atoms with Gasteiger partial charge in [-0.3, -0.25) is 0 Å². The maximum Gasteiger partial charge on any atom is 0.123 e. The second kappa shape index (κ2) is 5.22. The molecule has 1 nitrogen and oxygen atoms in total. The summed E-state index contributed by atoms with van der Waals surface area (Å²) >= 11 is 0. The van der Waals surface area contributed by atoms with Crippen LogP contribution in [0.5, 0.6) is 0 Å². The molecule has 0 spiro atoms. The van der Waals surface area contributed by atoms with Crippen LogP contribution in [0.15, 0.2) is 55.1 Å². The number of rotatable bonds is 2. The molecular weight excluding hydrogens is 251 g/mol. The number of fused-ring (bicyclic) bond motifs is 2. The van der Waals surface area contributed by atoms with Crippen molar-refractivity contribution in [2.24, 2.45) is 0 Å². The van der Waals surface area contributed by atoms with Gasteiger partial charge in [0.15, 0.2) is 0 Å². The van der Waals surface area contributed by atoms with Gasteiger partial charge in [0.05, 0.1) is 6.10 Å². The van der Waals surface area contributed by atoms with Crippen LogP contribution >= 0.6 is 0 Å². The molecule has 2 aromatic rings. The molecule has 0 bridgehead atoms. The highest BCUT2D eigenvalue weighted by Gasteiger charge is 2.29. The van der Waals surface area contributed by atoms with E-state index in [0.29, 0.717) is 12.0 Å². The zero-order chi connectivity index (χ0) is 14.1. The highest BCUT2D eigenvalue weighted by atomic mass is 19.1. The van der Waals surface area contributed by atoms with Gasteiger partial charge in [-0.15, -0.1) is 6.58 Å². The second-order valence-corrected chi connectivity index (χ2v) is 5.29. The van der Waals surface area contributed by atoms with Gasteiger partial charge < -0.3 is 5.11 Å². The first-order chi connectivity index (χ1) is 9.70. The Bertz CT molecular complexity index is 648. The molecule has 1 aliphatic carbocycles. The zero-order valence-corrected chi connectivity index (χ0v) is 11.2. The van der Waals surface area contributed by atoms with Crippen molar-refractivity contribution >= 4 is 0 Å². The molecule has 0 aromatic heterocycles. The fourth-order valence-corrected chi connectivity index (χ4v) is 3.09. The highest BCUT2D eigenvalue weighted by molar-refractivity contribution is 5.44. The normalized spacial score (nSPS) is 20.7. The lowest BCUT2D eigenvalue weighted by Crippen LogP contribution is -2.10. The summed E-state index contributed by atoms with van der Waals surface area (Å²) in [7, 11) is 0. The van der Waals surface area contributed by atoms with Gasteiger partial charge in [-0.25, -0.2) is 4.39 Å². The van der Waals surface area contributed by atoms with Crippen molar-refractivity contribution < 1.29 is 9.50 Å². The van der Waals surface area contributed by atoms with Crippen molar-refractivity contribution in [1.29, 1.82) is 0 Å². The molecule has 0 saturated heterocycles. The molecule has 1 aliphatic rings. The minimum absolute atomic E-state index is 0.0632. The summed E-state index contributed by atoms with van der Waals surface area (Å²) in [4.78, 5) is 0. The van der Waals surface area contributed by atoms with Gasteiger partial charge in [-0.2, -0.15) is 0 Å². The molecule has 0 aliphatic heterocycles. The Morgan fingerprint density at radius 1 is 1.15 bits per heavy atom. The molecule has 2 heteroatoms. The fraction of sp³-hybridized carbons (Fsp3) is 0.222. The smallest absolute Gasteiger partial charge is 0.123 e. The number of aliphatic hydroxyl groups is 1. The van der Waals surface area contributed by atoms with E-state index in [9.17, 15) is 9.50 Å². The van der Waals surface area contributed by atoms with Crippen LogP contribution in [-0.4, -0.2) is 5.11 Å². The van der Waals surface area contributed by atoms with Gasteiger partial charge in [-0.05, 0) is 47.2 Å². The maximum atomic E-state index is 13.5. The quantitative estimate of drug-likeness (QED) is 0.812. The summed E-state index contributed by atoms with van der Waals surface area (Å²) in [6.07, 6.45) is 2.53. The first-order valence-corrected chi connectivity index (χ1v) is 6.86. The van der Waals surface area contributed by atoms with Crippen LogP contribution in [0.1, 0.15) is 40.7 Å². The molecule has 0 amide bonds. The second-order valence-electron chi connectivity index (χ2n) is 5.29. The number of allylic oxidation sites excluding steroid dienone is 1. The van der Waals surface area contributed by atoms with E-state index >= 15 is 0 Å². The van der Waals surface area contributed by atoms with Gasteiger partial charge in [-0.1, -0.05) is 36.4 Å². The summed E-state index contributed by atoms with van der Waals surface area (Å²) in [6.45, 7) is 3.78. The van der Waals surface area contributed by atoms with Crippen molar-refractivity contribution in [1.82, 2.24) is 0 Å². The summed E-state index contributed by atoms with van der Waals surface area (Å²) in [6, 6.07) is 12.8. The molecule has 0 saturated carbocycles. The summed E-state index contributed by atoms with van der Waals surface area (Å²) < 4.78 is 13.5. The third kappa shape index (κ3) is 2.16. The molecule has 102 valence electrons. The molecule has 0 fully saturated rings. The average molecular weight is 268 g/mol. The molecule has 0 radical (unpaired) electrons. The van der Waals surface area contributed by atoms with Crippen molar-refractivity contribution in [3.8, 4) is 0 Å². The van der Waals surface area contributed by atoms with Crippen LogP contribution in [-0.2, 0) is 6.42 Å². The third-order valence-corrected chi connectivity index (χ3v) is 4.06. The van der Waals surface area contributed by atoms with E-state index < -0.39 is 6.10 Å². The van der Waals surface area contributed by atoms with Gasteiger partial charge >= 0.3 is 0 Å². The minimum Gasteiger partial charge on any atom is -0.388 e. The number of hydrogen-bond acceptors (Lipinski definition) is 1. The topological polar surface area (TPSA) is 20.2 Å². The van der Waals surface area contributed by atoms with Crippen LogP contribution in [0.2, 0.25) is 0 Å². The van der Waals surface area contributed by atoms with Gasteiger partial charge in [0.1, 0.15) is 5.82 Å². The Hall–Kier alpha value is -1.93. The lowest BCUT2D eigenvalue weighted by Gasteiger charge is -2.22. The number of halogens is 1. The van der Waals surface area contributed by atoms with Crippen molar-refractivity contribution in [3.63, 3.8) is 0 Å². The number of benzene rings is 2. The van der Waals surface area contributed by atoms with E-state index in [1.807, 2.05) is 18.2 Å². The van der Waals surface area contributed by atoms with Crippen molar-refractivity contribution in [3.05, 3.63) is 83.2 Å². The molecule has 2 atom stereocenters. The Morgan fingerprint density at radius 2 is 1.90 bits per heavy atom. The highest BCUT2D eigenvalue weighted by Crippen LogP contribution is 2.41. The Morgan fingerprint density at radius 3 is 2.70 bits per heavy atom. The largest absolute Gasteiger partial charge is 0.388 e. The average Bonchev–Trinajstić information content (AvgIpc) is 2.57. The summed E-state index contributed by atoms with van der Waals surface area (Å²) in [5, 5.41) is 10.7. The van der Waals surface area contributed by atoms with Crippen LogP contribution in [0.25, 0.3) is 0 Å². The first-order valence-electron chi connectivity index (χ1n) is 6.86. The van der Waals surface area contributed by atoms with E-state index in [0.717, 1.165) is 17.5 Å². The lowest BCUT2D eigenvalue weighted by molar-refractivity contribution is 0.145. The van der Waals surface area contributed by atoms with E-state index in [2.05, 4.69) is 18.7 Å². The monoisotopic (exact) mass is 268 g/mol. The van der Waals surface area contributed by atoms with Crippen LogP contribution < -0.4 is 0 Å². The molecule has 20 heavy (non-hydrogen) atoms. The number of hydrogen-bond donors (Lipinski definition) is 1. The van der Waals surface area contributed by atoms with Crippen LogP contribution in [0.3, 0.4) is 0 Å². The molecule has 0 heterocycles. The van der Waals surface area contributed by atoms with Crippen LogP contribution in [0.4, 0.5) is 4.39 Å². The maximum absolute atomic E-state index is 13.5. The van der Waals surface area contributed by atoms with E-state index in [1.165, 1.54) is 17.7 Å². The Labute approximate surface area is 118 Å². The first kappa shape index (κ1) is 13.1. The van der Waals surface area contributed by atoms with Crippen molar-refractivity contribution in [2.75, 3.05) is 0 Å². The van der Waals surface area contributed by atoms with Gasteiger partial charge in [0.2, 0.25) is 0 Å². The standard InChI is InChI=1S/C18H17FO/c1-2-5-16-15-7-4-3-6-12(15)10-13-8-9-14(19)11-17(13)18(16)20/h2-4,6-9,11,16,18,20H,1,5,10H2/t16?,18-/m0/s1. The predicted octanol–water partition coefficient (Wildman–Crippen LogP) is 4.12. The Balaban J connectivity index is 2.19. The van der Waals surface area contributed by atoms with E-state index in [4.69, 9.17) is 0 Å². The van der Waals surface area contributed by atoms with Gasteiger partial charge in [0.25, 0.3) is 0 Å². The third-order valence-electron chi connectivity index (χ3n) is 4.06. The Kier molecular flexibility index (Phi) is 3.41. The van der Waals surface area contributed by atoms with E-state index in [-0.39, 0.29) is 11.7 Å². The molecule has 3 rings (SSSR count). The zero-order valence-electron chi connectivity index (χ0n) is 11.2. The fourth-order valence-electron chi connectivity index (χ4n) is 3.09. The predicted molar refractivity (Wildman–Crippen MR) is 78.2 cm³/mol. The lowest BCUT2D eigenvalue weighted by atomic mass is 9.86. The molecule has 1 unspecified atom stereocenters. The van der Waals surface area contributed by atoms with Gasteiger partial charge in [0, 0.05) is 5.92 Å². The minimum atomic E-state index is -0.692. The molecule has 1 N–H and O–H groups in total. The molecular formula is C18H17FO.